The molecule has 0 aliphatic carbocycles. The van der Waals surface area contributed by atoms with Gasteiger partial charge in [-0.15, -0.1) is 5.10 Å². The lowest BCUT2D eigenvalue weighted by Gasteiger charge is -2.08. The minimum atomic E-state index is -0.228. The van der Waals surface area contributed by atoms with Crippen LogP contribution in [0.2, 0.25) is 0 Å². The summed E-state index contributed by atoms with van der Waals surface area (Å²) >= 11 is 1.19. The summed E-state index contributed by atoms with van der Waals surface area (Å²) in [5.74, 6) is 0.735. The van der Waals surface area contributed by atoms with Crippen LogP contribution in [0.1, 0.15) is 11.1 Å². The van der Waals surface area contributed by atoms with Gasteiger partial charge in [-0.2, -0.15) is 0 Å². The van der Waals surface area contributed by atoms with E-state index in [1.54, 1.807) is 12.4 Å². The molecule has 0 spiro atoms. The first-order chi connectivity index (χ1) is 15.1. The number of pyridine rings is 1. The highest BCUT2D eigenvalue weighted by atomic mass is 32.1. The molecule has 0 amide bonds. The zero-order valence-corrected chi connectivity index (χ0v) is 17.4. The van der Waals surface area contributed by atoms with E-state index >= 15 is 0 Å². The van der Waals surface area contributed by atoms with Crippen molar-refractivity contribution in [3.8, 4) is 5.75 Å². The maximum atomic E-state index is 12.6. The van der Waals surface area contributed by atoms with E-state index < -0.39 is 0 Å². The molecule has 4 heterocycles. The first-order valence-corrected chi connectivity index (χ1v) is 10.3. The smallest absolute Gasteiger partial charge is 0.271 e. The SMILES string of the molecule is C=c1nns/c1=c1\[nH][nH]c(=O)\c1=C/c1cn(C)c2cccc(OCc3cccnc3)c12. The van der Waals surface area contributed by atoms with Gasteiger partial charge in [-0.25, -0.2) is 0 Å². The maximum absolute atomic E-state index is 12.6. The molecule has 1 aromatic carbocycles. The highest BCUT2D eigenvalue weighted by Gasteiger charge is 2.12. The molecular weight excluding hydrogens is 412 g/mol. The van der Waals surface area contributed by atoms with Gasteiger partial charge in [-0.1, -0.05) is 23.2 Å². The zero-order valence-electron chi connectivity index (χ0n) is 16.6. The van der Waals surface area contributed by atoms with E-state index in [1.807, 2.05) is 54.2 Å². The van der Waals surface area contributed by atoms with Gasteiger partial charge in [0.25, 0.3) is 5.56 Å². The highest BCUT2D eigenvalue weighted by molar-refractivity contribution is 7.03. The van der Waals surface area contributed by atoms with Crippen LogP contribution in [-0.4, -0.2) is 29.3 Å². The summed E-state index contributed by atoms with van der Waals surface area (Å²) in [5.41, 5.74) is 2.62. The van der Waals surface area contributed by atoms with Crippen LogP contribution in [0.3, 0.4) is 0 Å². The summed E-state index contributed by atoms with van der Waals surface area (Å²) in [4.78, 5) is 16.7. The number of nitrogens with zero attached hydrogens (tertiary/aromatic N) is 4. The Morgan fingerprint density at radius 3 is 2.94 bits per heavy atom. The van der Waals surface area contributed by atoms with Crippen molar-refractivity contribution in [1.29, 1.82) is 0 Å². The summed E-state index contributed by atoms with van der Waals surface area (Å²) in [7, 11) is 1.97. The topological polar surface area (TPSA) is 101 Å². The molecule has 0 radical (unpaired) electrons. The van der Waals surface area contributed by atoms with E-state index in [4.69, 9.17) is 4.74 Å². The Morgan fingerprint density at radius 2 is 2.16 bits per heavy atom. The van der Waals surface area contributed by atoms with Crippen LogP contribution in [0.4, 0.5) is 0 Å². The van der Waals surface area contributed by atoms with Crippen molar-refractivity contribution in [2.45, 2.75) is 6.61 Å². The number of nitrogens with one attached hydrogen (secondary N) is 2. The number of aromatic nitrogens is 6. The Bertz CT molecular complexity index is 1650. The molecule has 0 saturated carbocycles. The van der Waals surface area contributed by atoms with Crippen LogP contribution in [0.25, 0.3) is 23.6 Å². The number of benzene rings is 1. The molecule has 0 aliphatic heterocycles. The van der Waals surface area contributed by atoms with Crippen molar-refractivity contribution >= 4 is 35.1 Å². The number of hydrogen-bond acceptors (Lipinski definition) is 6. The predicted molar refractivity (Wildman–Crippen MR) is 119 cm³/mol. The standard InChI is InChI=1S/C22H18N6O2S/c1-13-21(31-27-24-13)20-16(22(29)26-25-20)9-15-11-28(2)17-6-3-7-18(19(15)17)30-12-14-5-4-8-23-10-14/h3-11,25H,1,12H2,2H3,(H,26,29)/b16-9-,21-20-. The van der Waals surface area contributed by atoms with Crippen molar-refractivity contribution in [2.75, 3.05) is 0 Å². The summed E-state index contributed by atoms with van der Waals surface area (Å²) < 4.78 is 12.8. The summed E-state index contributed by atoms with van der Waals surface area (Å²) in [6, 6.07) is 9.76. The van der Waals surface area contributed by atoms with E-state index in [0.717, 1.165) is 32.3 Å². The fourth-order valence-electron chi connectivity index (χ4n) is 3.56. The second-order valence-electron chi connectivity index (χ2n) is 7.06. The van der Waals surface area contributed by atoms with Gasteiger partial charge in [0, 0.05) is 42.2 Å². The first kappa shape index (κ1) is 19.0. The third-order valence-corrected chi connectivity index (χ3v) is 5.81. The molecule has 8 nitrogen and oxygen atoms in total. The monoisotopic (exact) mass is 430 g/mol. The minimum absolute atomic E-state index is 0.228. The van der Waals surface area contributed by atoms with Gasteiger partial charge in [-0.3, -0.25) is 20.0 Å². The van der Waals surface area contributed by atoms with Crippen LogP contribution in [0.15, 0.2) is 53.7 Å². The largest absolute Gasteiger partial charge is 0.488 e. The number of ether oxygens (including phenoxy) is 1. The molecule has 0 aliphatic rings. The number of aromatic amines is 2. The summed E-state index contributed by atoms with van der Waals surface area (Å²) in [6.45, 7) is 4.29. The summed E-state index contributed by atoms with van der Waals surface area (Å²) in [6.07, 6.45) is 7.34. The lowest BCUT2D eigenvalue weighted by Crippen LogP contribution is -2.22. The number of hydrogen-bond donors (Lipinski definition) is 2. The number of rotatable bonds is 4. The van der Waals surface area contributed by atoms with E-state index in [2.05, 4.69) is 31.3 Å². The lowest BCUT2D eigenvalue weighted by atomic mass is 10.1. The van der Waals surface area contributed by atoms with E-state index in [1.165, 1.54) is 11.5 Å². The van der Waals surface area contributed by atoms with Gasteiger partial charge in [0.05, 0.1) is 16.1 Å². The maximum Gasteiger partial charge on any atom is 0.271 e. The van der Waals surface area contributed by atoms with Gasteiger partial charge in [0.1, 0.15) is 22.2 Å². The number of fused-ring (bicyclic) bond motifs is 1. The van der Waals surface area contributed by atoms with Gasteiger partial charge in [0.2, 0.25) is 0 Å². The molecule has 0 fully saturated rings. The quantitative estimate of drug-likeness (QED) is 0.451. The van der Waals surface area contributed by atoms with Crippen LogP contribution in [0, 0.1) is 9.88 Å². The zero-order chi connectivity index (χ0) is 21.4. The van der Waals surface area contributed by atoms with Crippen LogP contribution >= 0.6 is 11.5 Å². The van der Waals surface area contributed by atoms with Crippen molar-refractivity contribution in [2.24, 2.45) is 7.05 Å². The Morgan fingerprint density at radius 1 is 1.26 bits per heavy atom. The van der Waals surface area contributed by atoms with Crippen molar-refractivity contribution in [3.63, 3.8) is 0 Å². The fourth-order valence-corrected chi connectivity index (χ4v) is 4.18. The lowest BCUT2D eigenvalue weighted by molar-refractivity contribution is 0.309. The molecule has 31 heavy (non-hydrogen) atoms. The molecule has 0 bridgehead atoms. The number of aryl methyl sites for hydroxylation is 1. The molecule has 5 rings (SSSR count). The Kier molecular flexibility index (Phi) is 4.72. The molecule has 0 atom stereocenters. The van der Waals surface area contributed by atoms with E-state index in [0.29, 0.717) is 22.5 Å². The van der Waals surface area contributed by atoms with Crippen LogP contribution in [0.5, 0.6) is 5.75 Å². The second-order valence-corrected chi connectivity index (χ2v) is 7.81. The Labute approximate surface area is 179 Å². The van der Waals surface area contributed by atoms with Gasteiger partial charge >= 0.3 is 0 Å². The van der Waals surface area contributed by atoms with Gasteiger partial charge in [-0.05, 0) is 35.8 Å². The number of H-pyrrole nitrogens is 2. The average molecular weight is 430 g/mol. The van der Waals surface area contributed by atoms with Crippen molar-refractivity contribution in [1.82, 2.24) is 29.3 Å². The van der Waals surface area contributed by atoms with Crippen LogP contribution < -0.4 is 20.9 Å². The van der Waals surface area contributed by atoms with Gasteiger partial charge in [0.15, 0.2) is 0 Å². The molecule has 0 saturated heterocycles. The molecule has 154 valence electrons. The highest BCUT2D eigenvalue weighted by Crippen LogP contribution is 2.31. The Balaban J connectivity index is 1.72. The predicted octanol–water partition coefficient (Wildman–Crippen LogP) is 1.55. The Hall–Kier alpha value is -3.98. The second kappa shape index (κ2) is 7.69. The molecule has 2 N–H and O–H groups in total. The third-order valence-electron chi connectivity index (χ3n) is 5.02. The molecule has 5 aromatic rings. The molecule has 4 aromatic heterocycles. The van der Waals surface area contributed by atoms with Crippen LogP contribution in [-0.2, 0) is 13.7 Å². The van der Waals surface area contributed by atoms with E-state index in [-0.39, 0.29) is 5.56 Å². The van der Waals surface area contributed by atoms with Gasteiger partial charge < -0.3 is 9.30 Å². The minimum Gasteiger partial charge on any atom is -0.488 e. The van der Waals surface area contributed by atoms with Crippen molar-refractivity contribution in [3.05, 3.63) is 90.9 Å². The third kappa shape index (κ3) is 3.44. The first-order valence-electron chi connectivity index (χ1n) is 9.51. The molecular formula is C22H18N6O2S. The van der Waals surface area contributed by atoms with Crippen molar-refractivity contribution < 1.29 is 4.74 Å². The molecule has 9 heteroatoms. The average Bonchev–Trinajstić information content (AvgIpc) is 3.46. The normalized spacial score (nSPS) is 13.1. The summed E-state index contributed by atoms with van der Waals surface area (Å²) in [5, 5.41) is 12.1. The fraction of sp³-hybridized carbons (Fsp3) is 0.0909. The van der Waals surface area contributed by atoms with E-state index in [9.17, 15) is 4.79 Å². The molecule has 0 unspecified atom stereocenters.